The zero-order valence-corrected chi connectivity index (χ0v) is 14.5. The maximum atomic E-state index is 5.33. The normalized spacial score (nSPS) is 11.3. The lowest BCUT2D eigenvalue weighted by Gasteiger charge is -2.03. The highest BCUT2D eigenvalue weighted by molar-refractivity contribution is 7.71. The molecule has 0 atom stereocenters. The number of hydrogen-bond acceptors (Lipinski definition) is 3. The van der Waals surface area contributed by atoms with Crippen LogP contribution in [0.3, 0.4) is 0 Å². The van der Waals surface area contributed by atoms with Gasteiger partial charge in [-0.3, -0.25) is 5.10 Å². The van der Waals surface area contributed by atoms with Crippen LogP contribution < -0.4 is 0 Å². The minimum Gasteiger partial charge on any atom is -0.280 e. The monoisotopic (exact) mass is 320 g/mol. The van der Waals surface area contributed by atoms with Gasteiger partial charge in [-0.25, -0.2) is 14.5 Å². The number of aryl methyl sites for hydroxylation is 1. The van der Waals surface area contributed by atoms with E-state index in [-0.39, 0.29) is 0 Å². The van der Waals surface area contributed by atoms with Gasteiger partial charge in [0.05, 0.1) is 0 Å². The summed E-state index contributed by atoms with van der Waals surface area (Å²) in [5.74, 6) is 0.676. The first-order valence-electron chi connectivity index (χ1n) is 8.73. The average Bonchev–Trinajstić information content (AvgIpc) is 2.98. The first kappa shape index (κ1) is 17.1. The quantitative estimate of drug-likeness (QED) is 0.454. The Morgan fingerprint density at radius 2 is 1.64 bits per heavy atom. The topological polar surface area (TPSA) is 46.0 Å². The first-order valence-corrected chi connectivity index (χ1v) is 9.14. The molecule has 0 aliphatic heterocycles. The number of nitrogens with one attached hydrogen (secondary N) is 1. The lowest BCUT2D eigenvalue weighted by atomic mass is 10.1. The summed E-state index contributed by atoms with van der Waals surface area (Å²) in [6.45, 7) is 2.27. The molecule has 0 saturated heterocycles. The molecular weight excluding hydrogens is 292 g/mol. The molecule has 2 aromatic heterocycles. The van der Waals surface area contributed by atoms with Crippen molar-refractivity contribution in [1.29, 1.82) is 0 Å². The highest BCUT2D eigenvalue weighted by atomic mass is 32.1. The van der Waals surface area contributed by atoms with E-state index >= 15 is 0 Å². The Labute approximate surface area is 138 Å². The van der Waals surface area contributed by atoms with Crippen molar-refractivity contribution in [2.75, 3.05) is 0 Å². The summed E-state index contributed by atoms with van der Waals surface area (Å²) in [6.07, 6.45) is 16.2. The van der Waals surface area contributed by atoms with Gasteiger partial charge in [-0.1, -0.05) is 76.9 Å². The highest BCUT2D eigenvalue weighted by Crippen LogP contribution is 2.12. The molecule has 0 radical (unpaired) electrons. The maximum Gasteiger partial charge on any atom is 0.251 e. The smallest absolute Gasteiger partial charge is 0.251 e. The maximum absolute atomic E-state index is 5.33. The summed E-state index contributed by atoms with van der Waals surface area (Å²) in [7, 11) is 0. The van der Waals surface area contributed by atoms with Crippen LogP contribution >= 0.6 is 12.2 Å². The second kappa shape index (κ2) is 9.72. The van der Waals surface area contributed by atoms with Crippen molar-refractivity contribution >= 4 is 18.0 Å². The molecule has 122 valence electrons. The van der Waals surface area contributed by atoms with E-state index in [9.17, 15) is 0 Å². The largest absolute Gasteiger partial charge is 0.280 e. The molecule has 2 heterocycles. The van der Waals surface area contributed by atoms with E-state index in [1.165, 1.54) is 64.2 Å². The molecule has 0 aliphatic carbocycles. The number of aromatic nitrogens is 4. The molecule has 5 heteroatoms. The van der Waals surface area contributed by atoms with E-state index in [2.05, 4.69) is 22.0 Å². The van der Waals surface area contributed by atoms with Crippen LogP contribution in [0.15, 0.2) is 12.4 Å². The van der Waals surface area contributed by atoms with Crippen molar-refractivity contribution in [2.45, 2.75) is 77.6 Å². The number of aromatic amines is 1. The standard InChI is InChI=1S/C17H28N4S/c1-2-3-4-5-6-7-8-9-10-11-12-15-13-16(22)21-17(20-15)18-14-19-21/h13-14H,2-12H2,1H3,(H,18,19,20). The van der Waals surface area contributed by atoms with Gasteiger partial charge in [-0.2, -0.15) is 0 Å². The van der Waals surface area contributed by atoms with Crippen LogP contribution in [-0.4, -0.2) is 19.6 Å². The Balaban J connectivity index is 1.57. The fourth-order valence-electron chi connectivity index (χ4n) is 2.79. The van der Waals surface area contributed by atoms with Gasteiger partial charge in [-0.05, 0) is 18.9 Å². The summed E-state index contributed by atoms with van der Waals surface area (Å²) in [4.78, 5) is 8.69. The third kappa shape index (κ3) is 5.52. The Kier molecular flexibility index (Phi) is 7.57. The minimum absolute atomic E-state index is 0.676. The molecule has 0 bridgehead atoms. The van der Waals surface area contributed by atoms with Crippen LogP contribution in [-0.2, 0) is 6.42 Å². The fourth-order valence-corrected chi connectivity index (χ4v) is 3.06. The van der Waals surface area contributed by atoms with Crippen LogP contribution in [0.5, 0.6) is 0 Å². The zero-order valence-electron chi connectivity index (χ0n) is 13.7. The fraction of sp³-hybridized carbons (Fsp3) is 0.706. The highest BCUT2D eigenvalue weighted by Gasteiger charge is 2.02. The molecule has 0 fully saturated rings. The second-order valence-corrected chi connectivity index (χ2v) is 6.46. The number of H-pyrrole nitrogens is 1. The van der Waals surface area contributed by atoms with Crippen molar-refractivity contribution in [1.82, 2.24) is 19.6 Å². The van der Waals surface area contributed by atoms with Crippen LogP contribution in [0.4, 0.5) is 0 Å². The van der Waals surface area contributed by atoms with E-state index < -0.39 is 0 Å². The summed E-state index contributed by atoms with van der Waals surface area (Å²) in [5.41, 5.74) is 1.07. The molecule has 0 aromatic carbocycles. The van der Waals surface area contributed by atoms with Gasteiger partial charge < -0.3 is 0 Å². The van der Waals surface area contributed by atoms with Gasteiger partial charge in [0.15, 0.2) is 0 Å². The number of hydrogen-bond donors (Lipinski definition) is 1. The summed E-state index contributed by atoms with van der Waals surface area (Å²) >= 11 is 5.33. The molecule has 0 spiro atoms. The number of rotatable bonds is 11. The molecule has 22 heavy (non-hydrogen) atoms. The van der Waals surface area contributed by atoms with Gasteiger partial charge in [0.25, 0.3) is 5.78 Å². The number of fused-ring (bicyclic) bond motifs is 1. The first-order chi connectivity index (χ1) is 10.8. The van der Waals surface area contributed by atoms with Crippen LogP contribution in [0.1, 0.15) is 76.8 Å². The summed E-state index contributed by atoms with van der Waals surface area (Å²) in [5, 5.41) is 2.96. The third-order valence-electron chi connectivity index (χ3n) is 4.11. The predicted molar refractivity (Wildman–Crippen MR) is 93.7 cm³/mol. The van der Waals surface area contributed by atoms with Crippen LogP contribution in [0.25, 0.3) is 5.78 Å². The third-order valence-corrected chi connectivity index (χ3v) is 4.41. The Morgan fingerprint density at radius 3 is 2.32 bits per heavy atom. The molecule has 4 nitrogen and oxygen atoms in total. The van der Waals surface area contributed by atoms with Gasteiger partial charge in [0.2, 0.25) is 0 Å². The van der Waals surface area contributed by atoms with Crippen molar-refractivity contribution in [3.63, 3.8) is 0 Å². The van der Waals surface area contributed by atoms with E-state index in [1.807, 2.05) is 6.07 Å². The van der Waals surface area contributed by atoms with E-state index in [1.54, 1.807) is 10.8 Å². The van der Waals surface area contributed by atoms with Crippen LogP contribution in [0.2, 0.25) is 0 Å². The summed E-state index contributed by atoms with van der Waals surface area (Å²) in [6, 6.07) is 1.98. The molecule has 0 saturated carbocycles. The van der Waals surface area contributed by atoms with Crippen molar-refractivity contribution < 1.29 is 0 Å². The van der Waals surface area contributed by atoms with E-state index in [4.69, 9.17) is 12.2 Å². The molecule has 0 amide bonds. The molecular formula is C17H28N4S. The Hall–Kier alpha value is -1.23. The minimum atomic E-state index is 0.676. The molecule has 1 N–H and O–H groups in total. The van der Waals surface area contributed by atoms with Crippen molar-refractivity contribution in [2.24, 2.45) is 0 Å². The second-order valence-electron chi connectivity index (χ2n) is 6.04. The Morgan fingerprint density at radius 1 is 1.00 bits per heavy atom. The number of unbranched alkanes of at least 4 members (excludes halogenated alkanes) is 9. The SMILES string of the molecule is CCCCCCCCCCCCc1cc(=S)n2[nH]cnc2n1. The van der Waals surface area contributed by atoms with E-state index in [0.29, 0.717) is 5.78 Å². The summed E-state index contributed by atoms with van der Waals surface area (Å²) < 4.78 is 2.49. The lowest BCUT2D eigenvalue weighted by molar-refractivity contribution is 0.555. The lowest BCUT2D eigenvalue weighted by Crippen LogP contribution is -1.98. The van der Waals surface area contributed by atoms with Crippen molar-refractivity contribution in [3.8, 4) is 0 Å². The molecule has 2 rings (SSSR count). The van der Waals surface area contributed by atoms with Gasteiger partial charge in [-0.15, -0.1) is 0 Å². The van der Waals surface area contributed by atoms with Crippen LogP contribution in [0, 0.1) is 4.64 Å². The van der Waals surface area contributed by atoms with Gasteiger partial charge in [0.1, 0.15) is 11.0 Å². The average molecular weight is 321 g/mol. The van der Waals surface area contributed by atoms with E-state index in [0.717, 1.165) is 16.8 Å². The van der Waals surface area contributed by atoms with Gasteiger partial charge in [0, 0.05) is 5.69 Å². The number of nitrogens with zero attached hydrogens (tertiary/aromatic N) is 3. The zero-order chi connectivity index (χ0) is 15.6. The van der Waals surface area contributed by atoms with Gasteiger partial charge >= 0.3 is 0 Å². The molecule has 0 aliphatic rings. The predicted octanol–water partition coefficient (Wildman–Crippen LogP) is 5.25. The molecule has 2 aromatic rings. The van der Waals surface area contributed by atoms with Crippen molar-refractivity contribution in [3.05, 3.63) is 22.7 Å². The Bertz CT molecular complexity index is 602. The molecule has 0 unspecified atom stereocenters.